The molecule has 2 aliphatic rings. The topological polar surface area (TPSA) is 32.7 Å². The van der Waals surface area contributed by atoms with Crippen LogP contribution in [-0.4, -0.2) is 23.4 Å². The van der Waals surface area contributed by atoms with E-state index in [2.05, 4.69) is 65.6 Å². The van der Waals surface area contributed by atoms with Crippen LogP contribution in [0.3, 0.4) is 0 Å². The molecule has 1 fully saturated rings. The molecule has 5 rings (SSSR count). The molecule has 3 nitrogen and oxygen atoms in total. The molecule has 3 unspecified atom stereocenters. The molecule has 0 aromatic heterocycles. The molecule has 1 heterocycles. The number of ether oxygens (including phenoxy) is 1. The molecule has 0 saturated heterocycles. The van der Waals surface area contributed by atoms with Gasteiger partial charge in [-0.05, 0) is 54.5 Å². The molecule has 148 valence electrons. The van der Waals surface area contributed by atoms with E-state index in [9.17, 15) is 5.11 Å². The van der Waals surface area contributed by atoms with Gasteiger partial charge in [0.25, 0.3) is 0 Å². The van der Waals surface area contributed by atoms with Crippen molar-refractivity contribution in [1.82, 2.24) is 0 Å². The van der Waals surface area contributed by atoms with Gasteiger partial charge in [-0.25, -0.2) is 0 Å². The van der Waals surface area contributed by atoms with Gasteiger partial charge in [-0.1, -0.05) is 66.7 Å². The van der Waals surface area contributed by atoms with Gasteiger partial charge in [0.15, 0.2) is 0 Å². The van der Waals surface area contributed by atoms with Crippen molar-refractivity contribution in [3.05, 3.63) is 95.6 Å². The van der Waals surface area contributed by atoms with E-state index in [4.69, 9.17) is 4.74 Å². The summed E-state index contributed by atoms with van der Waals surface area (Å²) < 4.78 is 6.15. The Morgan fingerprint density at radius 3 is 2.00 bits per heavy atom. The van der Waals surface area contributed by atoms with Gasteiger partial charge in [-0.3, -0.25) is 0 Å². The molecule has 0 bridgehead atoms. The van der Waals surface area contributed by atoms with Crippen molar-refractivity contribution in [2.45, 2.75) is 50.5 Å². The third kappa shape index (κ3) is 3.57. The van der Waals surface area contributed by atoms with Crippen molar-refractivity contribution in [3.8, 4) is 0 Å². The summed E-state index contributed by atoms with van der Waals surface area (Å²) in [4.78, 5) is 2.38. The molecule has 1 aliphatic heterocycles. The largest absolute Gasteiger partial charge is 0.388 e. The second kappa shape index (κ2) is 8.02. The van der Waals surface area contributed by atoms with Crippen LogP contribution in [0.2, 0.25) is 0 Å². The number of hydrogen-bond acceptors (Lipinski definition) is 3. The van der Waals surface area contributed by atoms with E-state index in [1.165, 1.54) is 22.5 Å². The fourth-order valence-corrected chi connectivity index (χ4v) is 4.84. The van der Waals surface area contributed by atoms with Gasteiger partial charge in [0, 0.05) is 11.4 Å². The zero-order valence-corrected chi connectivity index (χ0v) is 16.6. The smallest absolute Gasteiger partial charge is 0.101 e. The first-order valence-corrected chi connectivity index (χ1v) is 10.6. The maximum absolute atomic E-state index is 11.3. The Labute approximate surface area is 172 Å². The van der Waals surface area contributed by atoms with Crippen LogP contribution in [0.5, 0.6) is 0 Å². The summed E-state index contributed by atoms with van der Waals surface area (Å²) in [6, 6.07) is 27.5. The second-order valence-corrected chi connectivity index (χ2v) is 8.10. The standard InChI is InChI=1S/C26H27NO2/c28-26-24(16-17-25(26)29-18-19-8-2-1-3-9-19)27-22-12-6-4-10-20(22)14-15-21-11-5-7-13-23(21)27/h1-13,24-26,28H,14-18H2. The van der Waals surface area contributed by atoms with Crippen molar-refractivity contribution >= 4 is 11.4 Å². The summed E-state index contributed by atoms with van der Waals surface area (Å²) in [7, 11) is 0. The van der Waals surface area contributed by atoms with Gasteiger partial charge in [0.05, 0.1) is 18.8 Å². The lowest BCUT2D eigenvalue weighted by molar-refractivity contribution is -0.0312. The quantitative estimate of drug-likeness (QED) is 0.684. The highest BCUT2D eigenvalue weighted by Crippen LogP contribution is 2.42. The predicted molar refractivity (Wildman–Crippen MR) is 116 cm³/mol. The average molecular weight is 386 g/mol. The first kappa shape index (κ1) is 18.4. The Balaban J connectivity index is 1.43. The van der Waals surface area contributed by atoms with Crippen LogP contribution >= 0.6 is 0 Å². The molecular weight excluding hydrogens is 358 g/mol. The summed E-state index contributed by atoms with van der Waals surface area (Å²) >= 11 is 0. The number of aryl methyl sites for hydroxylation is 2. The molecule has 1 aliphatic carbocycles. The van der Waals surface area contributed by atoms with E-state index in [1.807, 2.05) is 18.2 Å². The minimum atomic E-state index is -0.516. The molecule has 29 heavy (non-hydrogen) atoms. The van der Waals surface area contributed by atoms with Crippen molar-refractivity contribution in [2.24, 2.45) is 0 Å². The van der Waals surface area contributed by atoms with E-state index in [0.717, 1.165) is 31.2 Å². The van der Waals surface area contributed by atoms with Crippen LogP contribution in [0.1, 0.15) is 29.5 Å². The molecule has 1 N–H and O–H groups in total. The zero-order valence-electron chi connectivity index (χ0n) is 16.6. The third-order valence-electron chi connectivity index (χ3n) is 6.33. The molecule has 0 spiro atoms. The van der Waals surface area contributed by atoms with E-state index in [1.54, 1.807) is 0 Å². The fourth-order valence-electron chi connectivity index (χ4n) is 4.84. The number of fused-ring (bicyclic) bond motifs is 2. The van der Waals surface area contributed by atoms with E-state index in [0.29, 0.717) is 6.61 Å². The Bertz CT molecular complexity index is 924. The number of benzene rings is 3. The molecule has 0 radical (unpaired) electrons. The van der Waals surface area contributed by atoms with E-state index < -0.39 is 6.10 Å². The minimum Gasteiger partial charge on any atom is -0.388 e. The number of anilines is 2. The maximum atomic E-state index is 11.3. The number of aliphatic hydroxyl groups is 1. The molecule has 3 heteroatoms. The monoisotopic (exact) mass is 385 g/mol. The Morgan fingerprint density at radius 1 is 0.759 bits per heavy atom. The van der Waals surface area contributed by atoms with Crippen LogP contribution in [0, 0.1) is 0 Å². The molecular formula is C26H27NO2. The second-order valence-electron chi connectivity index (χ2n) is 8.10. The summed E-state index contributed by atoms with van der Waals surface area (Å²) in [5, 5.41) is 11.3. The highest BCUT2D eigenvalue weighted by atomic mass is 16.5. The van der Waals surface area contributed by atoms with Gasteiger partial charge in [-0.15, -0.1) is 0 Å². The third-order valence-corrected chi connectivity index (χ3v) is 6.33. The average Bonchev–Trinajstić information content (AvgIpc) is 3.04. The molecule has 3 aromatic carbocycles. The van der Waals surface area contributed by atoms with Crippen LogP contribution in [0.4, 0.5) is 11.4 Å². The van der Waals surface area contributed by atoms with Gasteiger partial charge in [0.2, 0.25) is 0 Å². The Hall–Kier alpha value is -2.62. The van der Waals surface area contributed by atoms with Crippen molar-refractivity contribution < 1.29 is 9.84 Å². The van der Waals surface area contributed by atoms with Gasteiger partial charge < -0.3 is 14.7 Å². The summed E-state index contributed by atoms with van der Waals surface area (Å²) in [6.07, 6.45) is 3.20. The lowest BCUT2D eigenvalue weighted by Gasteiger charge is -2.35. The van der Waals surface area contributed by atoms with Crippen molar-refractivity contribution in [2.75, 3.05) is 4.90 Å². The number of rotatable bonds is 4. The highest BCUT2D eigenvalue weighted by Gasteiger charge is 2.41. The molecule has 0 amide bonds. The van der Waals surface area contributed by atoms with Crippen LogP contribution in [0.25, 0.3) is 0 Å². The number of hydrogen-bond donors (Lipinski definition) is 1. The maximum Gasteiger partial charge on any atom is 0.101 e. The van der Waals surface area contributed by atoms with Gasteiger partial charge in [0.1, 0.15) is 6.10 Å². The lowest BCUT2D eigenvalue weighted by Crippen LogP contribution is -2.42. The van der Waals surface area contributed by atoms with Gasteiger partial charge >= 0.3 is 0 Å². The van der Waals surface area contributed by atoms with Crippen molar-refractivity contribution in [3.63, 3.8) is 0 Å². The summed E-state index contributed by atoms with van der Waals surface area (Å²) in [5.41, 5.74) is 6.30. The van der Waals surface area contributed by atoms with E-state index >= 15 is 0 Å². The van der Waals surface area contributed by atoms with Crippen LogP contribution in [0.15, 0.2) is 78.9 Å². The number of para-hydroxylation sites is 2. The fraction of sp³-hybridized carbons (Fsp3) is 0.308. The minimum absolute atomic E-state index is 0.0242. The lowest BCUT2D eigenvalue weighted by atomic mass is 10.0. The SMILES string of the molecule is OC1C(OCc2ccccc2)CCC1N1c2ccccc2CCc2ccccc21. The van der Waals surface area contributed by atoms with Crippen LogP contribution in [-0.2, 0) is 24.2 Å². The van der Waals surface area contributed by atoms with Gasteiger partial charge in [-0.2, -0.15) is 0 Å². The Morgan fingerprint density at radius 2 is 1.34 bits per heavy atom. The number of nitrogens with zero attached hydrogens (tertiary/aromatic N) is 1. The normalized spacial score (nSPS) is 23.3. The zero-order chi connectivity index (χ0) is 19.6. The Kier molecular flexibility index (Phi) is 5.09. The summed E-state index contributed by atoms with van der Waals surface area (Å²) in [6.45, 7) is 0.544. The predicted octanol–water partition coefficient (Wildman–Crippen LogP) is 5.03. The van der Waals surface area contributed by atoms with Crippen LogP contribution < -0.4 is 4.90 Å². The first-order chi connectivity index (χ1) is 14.3. The first-order valence-electron chi connectivity index (χ1n) is 10.6. The molecule has 3 aromatic rings. The molecule has 3 atom stereocenters. The summed E-state index contributed by atoms with van der Waals surface area (Å²) in [5.74, 6) is 0. The molecule has 1 saturated carbocycles. The van der Waals surface area contributed by atoms with E-state index in [-0.39, 0.29) is 12.1 Å². The highest BCUT2D eigenvalue weighted by molar-refractivity contribution is 5.72. The number of aliphatic hydroxyl groups excluding tert-OH is 1. The van der Waals surface area contributed by atoms with Crippen molar-refractivity contribution in [1.29, 1.82) is 0 Å².